The first-order chi connectivity index (χ1) is 13.4. The molecule has 0 spiro atoms. The summed E-state index contributed by atoms with van der Waals surface area (Å²) in [5.41, 5.74) is 3.41. The zero-order valence-corrected chi connectivity index (χ0v) is 16.5. The fourth-order valence-corrected chi connectivity index (χ4v) is 3.52. The average Bonchev–Trinajstić information content (AvgIpc) is 3.32. The number of nitrogens with zero attached hydrogens (tertiary/aromatic N) is 5. The molecule has 4 rings (SSSR count). The summed E-state index contributed by atoms with van der Waals surface area (Å²) in [4.78, 5) is 25.2. The summed E-state index contributed by atoms with van der Waals surface area (Å²) in [6, 6.07) is 5.72. The molecule has 0 amide bonds. The lowest BCUT2D eigenvalue weighted by Crippen LogP contribution is -2.18. The summed E-state index contributed by atoms with van der Waals surface area (Å²) >= 11 is 0. The van der Waals surface area contributed by atoms with Gasteiger partial charge in [0, 0.05) is 48.6 Å². The Balaban J connectivity index is 1.54. The lowest BCUT2D eigenvalue weighted by molar-refractivity contribution is 0.280. The quantitative estimate of drug-likeness (QED) is 0.680. The number of hydrogen-bond donors (Lipinski definition) is 0. The summed E-state index contributed by atoms with van der Waals surface area (Å²) in [5.74, 6) is 2.40. The molecule has 3 heterocycles. The van der Waals surface area contributed by atoms with Gasteiger partial charge in [-0.1, -0.05) is 13.0 Å². The number of aromatic nitrogens is 5. The van der Waals surface area contributed by atoms with E-state index >= 15 is 0 Å². The highest BCUT2D eigenvalue weighted by molar-refractivity contribution is 5.66. The topological polar surface area (TPSA) is 82.8 Å². The van der Waals surface area contributed by atoms with E-state index in [4.69, 9.17) is 4.74 Å². The van der Waals surface area contributed by atoms with Crippen LogP contribution in [0.1, 0.15) is 29.9 Å². The van der Waals surface area contributed by atoms with Crippen molar-refractivity contribution in [2.45, 2.75) is 26.7 Å². The third-order valence-electron chi connectivity index (χ3n) is 5.40. The van der Waals surface area contributed by atoms with Gasteiger partial charge in [-0.3, -0.25) is 9.78 Å². The Bertz CT molecular complexity index is 1060. The minimum atomic E-state index is -0.189. The molecule has 0 N–H and O–H groups in total. The van der Waals surface area contributed by atoms with E-state index in [1.165, 1.54) is 10.7 Å². The molecule has 1 aliphatic carbocycles. The van der Waals surface area contributed by atoms with Crippen LogP contribution in [0.15, 0.2) is 41.6 Å². The van der Waals surface area contributed by atoms with Crippen LogP contribution in [-0.2, 0) is 7.05 Å². The Morgan fingerprint density at radius 1 is 1.14 bits per heavy atom. The molecule has 3 atom stereocenters. The van der Waals surface area contributed by atoms with Gasteiger partial charge in [-0.15, -0.1) is 0 Å². The van der Waals surface area contributed by atoms with E-state index < -0.39 is 0 Å². The smallest absolute Gasteiger partial charge is 0.267 e. The van der Waals surface area contributed by atoms with Crippen LogP contribution in [0.4, 0.5) is 0 Å². The molecule has 0 saturated heterocycles. The zero-order valence-electron chi connectivity index (χ0n) is 16.5. The van der Waals surface area contributed by atoms with E-state index in [1.807, 2.05) is 20.0 Å². The molecule has 0 radical (unpaired) electrons. The molecule has 7 nitrogen and oxygen atoms in total. The molecule has 0 bridgehead atoms. The Morgan fingerprint density at radius 3 is 2.68 bits per heavy atom. The first kappa shape index (κ1) is 18.3. The van der Waals surface area contributed by atoms with E-state index in [0.717, 1.165) is 11.3 Å². The number of aryl methyl sites for hydroxylation is 3. The second kappa shape index (κ2) is 7.14. The highest BCUT2D eigenvalue weighted by Crippen LogP contribution is 2.53. The van der Waals surface area contributed by atoms with Gasteiger partial charge in [-0.05, 0) is 31.4 Å². The van der Waals surface area contributed by atoms with Crippen LogP contribution in [0.25, 0.3) is 11.1 Å². The maximum absolute atomic E-state index is 11.9. The third-order valence-corrected chi connectivity index (χ3v) is 5.40. The molecular weight excluding hydrogens is 354 g/mol. The largest absolute Gasteiger partial charge is 0.477 e. The van der Waals surface area contributed by atoms with Gasteiger partial charge in [0.2, 0.25) is 5.88 Å². The zero-order chi connectivity index (χ0) is 19.8. The van der Waals surface area contributed by atoms with Crippen molar-refractivity contribution in [3.05, 3.63) is 64.2 Å². The summed E-state index contributed by atoms with van der Waals surface area (Å²) in [7, 11) is 1.61. The fraction of sp³-hybridized carbons (Fsp3) is 0.381. The van der Waals surface area contributed by atoms with Crippen LogP contribution >= 0.6 is 0 Å². The van der Waals surface area contributed by atoms with Crippen LogP contribution in [0.3, 0.4) is 0 Å². The van der Waals surface area contributed by atoms with Gasteiger partial charge in [-0.25, -0.2) is 9.67 Å². The highest BCUT2D eigenvalue weighted by atomic mass is 16.5. The van der Waals surface area contributed by atoms with E-state index in [9.17, 15) is 4.79 Å². The van der Waals surface area contributed by atoms with Crippen LogP contribution in [0, 0.1) is 25.7 Å². The minimum absolute atomic E-state index is 0.189. The van der Waals surface area contributed by atoms with Gasteiger partial charge in [0.25, 0.3) is 5.56 Å². The standard InChI is InChI=1S/C21H23N5O2/c1-12-5-6-18(23-8-12)20-13(2)17(20)11-28-21-16(10-22-14(3)25-21)15-7-19(27)26(4)24-9-15/h5-10,13,17,20H,11H2,1-4H3. The molecule has 1 aliphatic rings. The Kier molecular flexibility index (Phi) is 4.66. The van der Waals surface area contributed by atoms with Crippen LogP contribution < -0.4 is 10.3 Å². The minimum Gasteiger partial charge on any atom is -0.477 e. The molecule has 28 heavy (non-hydrogen) atoms. The predicted molar refractivity (Wildman–Crippen MR) is 105 cm³/mol. The summed E-state index contributed by atoms with van der Waals surface area (Å²) in [6.07, 6.45) is 5.22. The van der Waals surface area contributed by atoms with Gasteiger partial charge in [0.15, 0.2) is 0 Å². The fourth-order valence-electron chi connectivity index (χ4n) is 3.52. The van der Waals surface area contributed by atoms with Crippen LogP contribution in [0.5, 0.6) is 5.88 Å². The molecule has 3 aromatic heterocycles. The average molecular weight is 377 g/mol. The normalized spacial score (nSPS) is 20.8. The van der Waals surface area contributed by atoms with E-state index in [-0.39, 0.29) is 5.56 Å². The summed E-state index contributed by atoms with van der Waals surface area (Å²) < 4.78 is 7.38. The molecule has 1 fully saturated rings. The SMILES string of the molecule is Cc1ccc(C2C(C)C2COc2nc(C)ncc2-c2cnn(C)c(=O)c2)nc1. The third kappa shape index (κ3) is 3.52. The van der Waals surface area contributed by atoms with Gasteiger partial charge >= 0.3 is 0 Å². The van der Waals surface area contributed by atoms with E-state index in [0.29, 0.717) is 47.2 Å². The molecule has 144 valence electrons. The van der Waals surface area contributed by atoms with Gasteiger partial charge in [0.1, 0.15) is 5.82 Å². The van der Waals surface area contributed by atoms with Crippen LogP contribution in [-0.4, -0.2) is 31.3 Å². The number of pyridine rings is 1. The van der Waals surface area contributed by atoms with E-state index in [2.05, 4.69) is 39.1 Å². The first-order valence-corrected chi connectivity index (χ1v) is 9.37. The van der Waals surface area contributed by atoms with Crippen molar-refractivity contribution >= 4 is 0 Å². The van der Waals surface area contributed by atoms with Crippen LogP contribution in [0.2, 0.25) is 0 Å². The number of rotatable bonds is 5. The van der Waals surface area contributed by atoms with Gasteiger partial charge in [-0.2, -0.15) is 10.1 Å². The Hall–Kier alpha value is -3.09. The predicted octanol–water partition coefficient (Wildman–Crippen LogP) is 2.68. The van der Waals surface area contributed by atoms with E-state index in [1.54, 1.807) is 19.4 Å². The Morgan fingerprint density at radius 2 is 1.96 bits per heavy atom. The molecule has 3 aromatic rings. The molecule has 0 aliphatic heterocycles. The molecular formula is C21H23N5O2. The monoisotopic (exact) mass is 377 g/mol. The maximum atomic E-state index is 11.9. The second-order valence-corrected chi connectivity index (χ2v) is 7.46. The first-order valence-electron chi connectivity index (χ1n) is 9.37. The van der Waals surface area contributed by atoms with Crippen molar-refractivity contribution in [1.29, 1.82) is 0 Å². The lowest BCUT2D eigenvalue weighted by Gasteiger charge is -2.11. The van der Waals surface area contributed by atoms with Crippen molar-refractivity contribution < 1.29 is 4.74 Å². The number of hydrogen-bond acceptors (Lipinski definition) is 6. The maximum Gasteiger partial charge on any atom is 0.267 e. The van der Waals surface area contributed by atoms with Crippen molar-refractivity contribution in [2.75, 3.05) is 6.61 Å². The molecule has 3 unspecified atom stereocenters. The van der Waals surface area contributed by atoms with Crippen molar-refractivity contribution in [3.63, 3.8) is 0 Å². The lowest BCUT2D eigenvalue weighted by atomic mass is 10.1. The second-order valence-electron chi connectivity index (χ2n) is 7.46. The Labute approximate surface area is 163 Å². The van der Waals surface area contributed by atoms with Gasteiger partial charge < -0.3 is 4.74 Å². The van der Waals surface area contributed by atoms with Crippen molar-refractivity contribution in [1.82, 2.24) is 24.7 Å². The van der Waals surface area contributed by atoms with Crippen molar-refractivity contribution in [2.24, 2.45) is 18.9 Å². The molecule has 0 aromatic carbocycles. The molecule has 7 heteroatoms. The van der Waals surface area contributed by atoms with Crippen molar-refractivity contribution in [3.8, 4) is 17.0 Å². The number of ether oxygens (including phenoxy) is 1. The highest BCUT2D eigenvalue weighted by Gasteiger charge is 2.49. The molecule has 1 saturated carbocycles. The van der Waals surface area contributed by atoms with Gasteiger partial charge in [0.05, 0.1) is 18.4 Å². The summed E-state index contributed by atoms with van der Waals surface area (Å²) in [5, 5.41) is 4.08. The summed E-state index contributed by atoms with van der Waals surface area (Å²) in [6.45, 7) is 6.62.